The smallest absolute Gasteiger partial charge is 0.227 e. The van der Waals surface area contributed by atoms with Gasteiger partial charge in [0.05, 0.1) is 43.0 Å². The lowest BCUT2D eigenvalue weighted by Crippen LogP contribution is -2.29. The van der Waals surface area contributed by atoms with Gasteiger partial charge in [-0.15, -0.1) is 0 Å². The summed E-state index contributed by atoms with van der Waals surface area (Å²) in [6, 6.07) is 1.69. The van der Waals surface area contributed by atoms with Crippen molar-refractivity contribution >= 4 is 11.6 Å². The van der Waals surface area contributed by atoms with Crippen LogP contribution in [-0.4, -0.2) is 39.9 Å². The normalized spacial score (nSPS) is 14.5. The second kappa shape index (κ2) is 9.25. The van der Waals surface area contributed by atoms with Crippen LogP contribution in [0, 0.1) is 18.6 Å². The quantitative estimate of drug-likeness (QED) is 0.593. The monoisotopic (exact) mass is 430 g/mol. The van der Waals surface area contributed by atoms with Gasteiger partial charge in [0.15, 0.2) is 17.3 Å². The van der Waals surface area contributed by atoms with Gasteiger partial charge in [-0.25, -0.2) is 18.7 Å². The highest BCUT2D eigenvalue weighted by molar-refractivity contribution is 5.50. The molecular formula is C21H24F2N6O2. The highest BCUT2D eigenvalue weighted by Crippen LogP contribution is 2.27. The third-order valence-electron chi connectivity index (χ3n) is 5.21. The third kappa shape index (κ3) is 4.74. The fourth-order valence-corrected chi connectivity index (χ4v) is 3.50. The predicted molar refractivity (Wildman–Crippen MR) is 111 cm³/mol. The Morgan fingerprint density at radius 3 is 2.61 bits per heavy atom. The third-order valence-corrected chi connectivity index (χ3v) is 5.21. The maximum absolute atomic E-state index is 14.4. The molecule has 0 amide bonds. The van der Waals surface area contributed by atoms with Crippen LogP contribution in [-0.2, 0) is 6.61 Å². The maximum Gasteiger partial charge on any atom is 0.227 e. The van der Waals surface area contributed by atoms with Gasteiger partial charge >= 0.3 is 0 Å². The summed E-state index contributed by atoms with van der Waals surface area (Å²) in [5, 5.41) is 10.8. The number of hydrogen-bond donors (Lipinski definition) is 2. The van der Waals surface area contributed by atoms with Gasteiger partial charge in [-0.1, -0.05) is 0 Å². The van der Waals surface area contributed by atoms with Gasteiger partial charge in [-0.2, -0.15) is 5.10 Å². The van der Waals surface area contributed by atoms with E-state index in [0.717, 1.165) is 31.6 Å². The van der Waals surface area contributed by atoms with Gasteiger partial charge in [-0.05, 0) is 44.5 Å². The number of halogens is 2. The van der Waals surface area contributed by atoms with Crippen molar-refractivity contribution in [3.63, 3.8) is 0 Å². The number of ether oxygens (including phenoxy) is 2. The van der Waals surface area contributed by atoms with E-state index < -0.39 is 11.6 Å². The molecule has 1 fully saturated rings. The number of rotatable bonds is 7. The van der Waals surface area contributed by atoms with Crippen LogP contribution in [0.15, 0.2) is 30.9 Å². The SMILES string of the molecule is COc1cc(C)c(F)c(COc2cnc(Nc3cnn(C4CCNCC4)c3)nc2)c1F. The molecule has 0 bridgehead atoms. The van der Waals surface area contributed by atoms with Crippen LogP contribution in [0.4, 0.5) is 20.4 Å². The first-order valence-electron chi connectivity index (χ1n) is 10.0. The lowest BCUT2D eigenvalue weighted by atomic mass is 10.1. The summed E-state index contributed by atoms with van der Waals surface area (Å²) in [5.74, 6) is -0.820. The fourth-order valence-electron chi connectivity index (χ4n) is 3.50. The zero-order chi connectivity index (χ0) is 21.8. The first-order valence-corrected chi connectivity index (χ1v) is 10.0. The van der Waals surface area contributed by atoms with Crippen molar-refractivity contribution in [3.05, 3.63) is 53.6 Å². The van der Waals surface area contributed by atoms with Crippen LogP contribution in [0.1, 0.15) is 30.0 Å². The number of methoxy groups -OCH3 is 1. The molecule has 1 aromatic carbocycles. The molecule has 0 aliphatic carbocycles. The van der Waals surface area contributed by atoms with Crippen molar-refractivity contribution in [3.8, 4) is 11.5 Å². The summed E-state index contributed by atoms with van der Waals surface area (Å²) in [4.78, 5) is 8.40. The van der Waals surface area contributed by atoms with E-state index in [2.05, 4.69) is 25.7 Å². The zero-order valence-electron chi connectivity index (χ0n) is 17.4. The van der Waals surface area contributed by atoms with Crippen molar-refractivity contribution in [2.75, 3.05) is 25.5 Å². The maximum atomic E-state index is 14.4. The molecule has 0 radical (unpaired) electrons. The van der Waals surface area contributed by atoms with Gasteiger partial charge in [0.1, 0.15) is 12.4 Å². The number of anilines is 2. The Morgan fingerprint density at radius 1 is 1.16 bits per heavy atom. The van der Waals surface area contributed by atoms with Gasteiger partial charge < -0.3 is 20.1 Å². The predicted octanol–water partition coefficient (Wildman–Crippen LogP) is 3.52. The second-order valence-corrected chi connectivity index (χ2v) is 7.35. The summed E-state index contributed by atoms with van der Waals surface area (Å²) >= 11 is 0. The van der Waals surface area contributed by atoms with E-state index in [0.29, 0.717) is 12.0 Å². The van der Waals surface area contributed by atoms with Crippen molar-refractivity contribution < 1.29 is 18.3 Å². The van der Waals surface area contributed by atoms with Crippen LogP contribution >= 0.6 is 0 Å². The standard InChI is InChI=1S/C21H24F2N6O2/c1-13-7-18(30-2)20(23)17(19(13)22)12-31-16-9-25-21(26-10-16)28-14-8-27-29(11-14)15-3-5-24-6-4-15/h7-11,15,24H,3-6,12H2,1-2H3,(H,25,26,28). The molecular weight excluding hydrogens is 406 g/mol. The molecule has 1 saturated heterocycles. The Hall–Kier alpha value is -3.27. The van der Waals surface area contributed by atoms with E-state index in [1.165, 1.54) is 32.5 Å². The van der Waals surface area contributed by atoms with Crippen molar-refractivity contribution in [1.29, 1.82) is 0 Å². The summed E-state index contributed by atoms with van der Waals surface area (Å²) < 4.78 is 41.0. The molecule has 0 spiro atoms. The van der Waals surface area contributed by atoms with Gasteiger partial charge in [0, 0.05) is 6.20 Å². The molecule has 1 aliphatic rings. The molecule has 3 aromatic rings. The summed E-state index contributed by atoms with van der Waals surface area (Å²) in [5.41, 5.74) is 0.852. The van der Waals surface area contributed by atoms with Crippen molar-refractivity contribution in [1.82, 2.24) is 25.1 Å². The Morgan fingerprint density at radius 2 is 1.90 bits per heavy atom. The Bertz CT molecular complexity index is 1040. The molecule has 0 saturated carbocycles. The molecule has 8 nitrogen and oxygen atoms in total. The fraction of sp³-hybridized carbons (Fsp3) is 0.381. The number of nitrogens with zero attached hydrogens (tertiary/aromatic N) is 4. The number of aryl methyl sites for hydroxylation is 1. The number of benzene rings is 1. The molecule has 1 aliphatic heterocycles. The number of aromatic nitrogens is 4. The van der Waals surface area contributed by atoms with Crippen molar-refractivity contribution in [2.24, 2.45) is 0 Å². The number of piperidine rings is 1. The first kappa shape index (κ1) is 21.0. The number of hydrogen-bond acceptors (Lipinski definition) is 7. The van der Waals surface area contributed by atoms with E-state index in [1.54, 1.807) is 6.20 Å². The largest absolute Gasteiger partial charge is 0.494 e. The second-order valence-electron chi connectivity index (χ2n) is 7.35. The lowest BCUT2D eigenvalue weighted by Gasteiger charge is -2.22. The Kier molecular flexibility index (Phi) is 6.26. The molecule has 31 heavy (non-hydrogen) atoms. The van der Waals surface area contributed by atoms with E-state index in [1.807, 2.05) is 10.9 Å². The molecule has 2 aromatic heterocycles. The molecule has 10 heteroatoms. The van der Waals surface area contributed by atoms with Gasteiger partial charge in [-0.3, -0.25) is 4.68 Å². The lowest BCUT2D eigenvalue weighted by molar-refractivity contribution is 0.285. The van der Waals surface area contributed by atoms with E-state index in [4.69, 9.17) is 9.47 Å². The van der Waals surface area contributed by atoms with E-state index >= 15 is 0 Å². The molecule has 0 unspecified atom stereocenters. The molecule has 164 valence electrons. The van der Waals surface area contributed by atoms with Crippen LogP contribution in [0.3, 0.4) is 0 Å². The molecule has 2 N–H and O–H groups in total. The van der Waals surface area contributed by atoms with Gasteiger partial charge in [0.25, 0.3) is 0 Å². The molecule has 3 heterocycles. The topological polar surface area (TPSA) is 86.1 Å². The average Bonchev–Trinajstić information content (AvgIpc) is 3.26. The van der Waals surface area contributed by atoms with Gasteiger partial charge in [0.2, 0.25) is 5.95 Å². The summed E-state index contributed by atoms with van der Waals surface area (Å²) in [7, 11) is 1.33. The van der Waals surface area contributed by atoms with Crippen LogP contribution in [0.5, 0.6) is 11.5 Å². The Labute approximate surface area is 178 Å². The summed E-state index contributed by atoms with van der Waals surface area (Å²) in [6.45, 7) is 3.20. The molecule has 4 rings (SSSR count). The highest BCUT2D eigenvalue weighted by atomic mass is 19.1. The highest BCUT2D eigenvalue weighted by Gasteiger charge is 2.18. The minimum atomic E-state index is -0.782. The average molecular weight is 430 g/mol. The van der Waals surface area contributed by atoms with Crippen LogP contribution in [0.2, 0.25) is 0 Å². The summed E-state index contributed by atoms with van der Waals surface area (Å²) in [6.07, 6.45) is 8.62. The first-order chi connectivity index (χ1) is 15.0. The van der Waals surface area contributed by atoms with Crippen LogP contribution in [0.25, 0.3) is 0 Å². The Balaban J connectivity index is 1.38. The van der Waals surface area contributed by atoms with Crippen molar-refractivity contribution in [2.45, 2.75) is 32.4 Å². The molecule has 0 atom stereocenters. The zero-order valence-corrected chi connectivity index (χ0v) is 17.4. The van der Waals surface area contributed by atoms with Crippen LogP contribution < -0.4 is 20.1 Å². The van der Waals surface area contributed by atoms with E-state index in [9.17, 15) is 8.78 Å². The minimum Gasteiger partial charge on any atom is -0.494 e. The minimum absolute atomic E-state index is 0.0293. The van der Waals surface area contributed by atoms with E-state index in [-0.39, 0.29) is 29.2 Å². The number of nitrogens with one attached hydrogen (secondary N) is 2.